The Morgan fingerprint density at radius 3 is 2.47 bits per heavy atom. The molecule has 240 valence electrons. The van der Waals surface area contributed by atoms with Crippen LogP contribution in [0.15, 0.2) is 11.1 Å². The number of allylic oxidation sites excluding steroid dienone is 1. The van der Waals surface area contributed by atoms with Crippen molar-refractivity contribution in [3.8, 4) is 0 Å². The predicted octanol–water partition coefficient (Wildman–Crippen LogP) is 4.65. The summed E-state index contributed by atoms with van der Waals surface area (Å²) in [5.41, 5.74) is 0.858. The van der Waals surface area contributed by atoms with Crippen molar-refractivity contribution in [2.45, 2.75) is 111 Å². The minimum Gasteiger partial charge on any atom is -0.469 e. The summed E-state index contributed by atoms with van der Waals surface area (Å²) in [6.45, 7) is 16.0. The molecule has 0 N–H and O–H groups in total. The van der Waals surface area contributed by atoms with Crippen LogP contribution in [0.4, 0.5) is 0 Å². The van der Waals surface area contributed by atoms with Gasteiger partial charge >= 0.3 is 17.9 Å². The fraction of sp³-hybridized carbons (Fsp3) is 0.853. The molecule has 3 saturated heterocycles. The Hall–Kier alpha value is -1.97. The molecular weight excluding hydrogens is 552 g/mol. The largest absolute Gasteiger partial charge is 0.469 e. The number of ether oxygens (including phenoxy) is 6. The standard InChI is InChI=1S/C34H50O9/c1-9-17(2)31(37)43-25-14-24(41-19(4)35)32(5)16-40-28-29(32)33(25,6)23(13-26(36)38-8)34(7)27-18(3)21(20-10-11-39-15-20)12-22(27)42-30(28)34/h17,20-25,28-30H,9-16H2,1-8H3/t17?,20?,21-,22-,23-,24-,25+,28?,29?,30-,32-,33+,34-/m1/s1. The first-order chi connectivity index (χ1) is 20.3. The second-order valence-corrected chi connectivity index (χ2v) is 14.9. The summed E-state index contributed by atoms with van der Waals surface area (Å²) in [5.74, 6) is -0.815. The van der Waals surface area contributed by atoms with Gasteiger partial charge in [-0.1, -0.05) is 40.2 Å². The van der Waals surface area contributed by atoms with Gasteiger partial charge < -0.3 is 28.4 Å². The van der Waals surface area contributed by atoms with Gasteiger partial charge in [0.2, 0.25) is 0 Å². The number of esters is 3. The molecular formula is C34H50O9. The van der Waals surface area contributed by atoms with Gasteiger partial charge in [-0.05, 0) is 49.5 Å². The summed E-state index contributed by atoms with van der Waals surface area (Å²) in [6, 6.07) is 0. The zero-order valence-electron chi connectivity index (χ0n) is 27.1. The molecule has 0 aromatic heterocycles. The monoisotopic (exact) mass is 602 g/mol. The van der Waals surface area contributed by atoms with Crippen LogP contribution in [0.25, 0.3) is 0 Å². The highest BCUT2D eigenvalue weighted by atomic mass is 16.6. The number of carbonyl (C=O) groups is 3. The maximum atomic E-state index is 13.5. The first kappa shape index (κ1) is 31.0. The molecule has 6 aliphatic rings. The lowest BCUT2D eigenvalue weighted by Gasteiger charge is -2.65. The highest BCUT2D eigenvalue weighted by Gasteiger charge is 2.78. The number of hydrogen-bond acceptors (Lipinski definition) is 9. The van der Waals surface area contributed by atoms with Crippen molar-refractivity contribution in [3.63, 3.8) is 0 Å². The van der Waals surface area contributed by atoms with E-state index < -0.39 is 28.5 Å². The number of methoxy groups -OCH3 is 1. The summed E-state index contributed by atoms with van der Waals surface area (Å²) >= 11 is 0. The summed E-state index contributed by atoms with van der Waals surface area (Å²) in [7, 11) is 1.43. The molecule has 0 amide bonds. The van der Waals surface area contributed by atoms with E-state index in [1.54, 1.807) is 0 Å². The lowest BCUT2D eigenvalue weighted by atomic mass is 9.39. The maximum Gasteiger partial charge on any atom is 0.308 e. The fourth-order valence-corrected chi connectivity index (χ4v) is 10.7. The van der Waals surface area contributed by atoms with Crippen molar-refractivity contribution < 1.29 is 42.8 Å². The van der Waals surface area contributed by atoms with Crippen LogP contribution >= 0.6 is 0 Å². The molecule has 2 saturated carbocycles. The Kier molecular flexibility index (Phi) is 7.82. The first-order valence-electron chi connectivity index (χ1n) is 16.3. The lowest BCUT2D eigenvalue weighted by Crippen LogP contribution is -2.71. The Morgan fingerprint density at radius 1 is 1.09 bits per heavy atom. The summed E-state index contributed by atoms with van der Waals surface area (Å²) < 4.78 is 37.4. The minimum atomic E-state index is -0.685. The lowest BCUT2D eigenvalue weighted by molar-refractivity contribution is -0.253. The van der Waals surface area contributed by atoms with E-state index in [-0.39, 0.29) is 60.4 Å². The quantitative estimate of drug-likeness (QED) is 0.234. The molecule has 3 aliphatic carbocycles. The summed E-state index contributed by atoms with van der Waals surface area (Å²) in [5, 5.41) is 0. The molecule has 6 rings (SSSR count). The smallest absolute Gasteiger partial charge is 0.308 e. The van der Waals surface area contributed by atoms with E-state index in [0.29, 0.717) is 31.3 Å². The van der Waals surface area contributed by atoms with E-state index in [1.165, 1.54) is 25.2 Å². The van der Waals surface area contributed by atoms with Gasteiger partial charge in [-0.25, -0.2) is 0 Å². The molecule has 0 aromatic rings. The Bertz CT molecular complexity index is 1190. The molecule has 3 heterocycles. The second-order valence-electron chi connectivity index (χ2n) is 14.9. The molecule has 3 aliphatic heterocycles. The van der Waals surface area contributed by atoms with E-state index in [0.717, 1.165) is 26.1 Å². The third-order valence-corrected chi connectivity index (χ3v) is 12.9. The molecule has 0 spiro atoms. The third kappa shape index (κ3) is 4.38. The van der Waals surface area contributed by atoms with Crippen LogP contribution in [0.5, 0.6) is 0 Å². The zero-order valence-corrected chi connectivity index (χ0v) is 27.1. The van der Waals surface area contributed by atoms with Crippen LogP contribution in [-0.2, 0) is 42.8 Å². The molecule has 9 heteroatoms. The zero-order chi connectivity index (χ0) is 31.1. The average Bonchev–Trinajstić information content (AvgIpc) is 3.73. The molecule has 9 nitrogen and oxygen atoms in total. The van der Waals surface area contributed by atoms with E-state index in [1.807, 2.05) is 13.8 Å². The van der Waals surface area contributed by atoms with Crippen molar-refractivity contribution in [3.05, 3.63) is 11.1 Å². The van der Waals surface area contributed by atoms with E-state index >= 15 is 0 Å². The predicted molar refractivity (Wildman–Crippen MR) is 156 cm³/mol. The van der Waals surface area contributed by atoms with Gasteiger partial charge in [-0.3, -0.25) is 14.4 Å². The van der Waals surface area contributed by atoms with Crippen molar-refractivity contribution in [2.24, 2.45) is 45.8 Å². The minimum absolute atomic E-state index is 0.0645. The van der Waals surface area contributed by atoms with Gasteiger partial charge in [0.1, 0.15) is 12.2 Å². The van der Waals surface area contributed by atoms with Crippen LogP contribution in [0.3, 0.4) is 0 Å². The molecule has 43 heavy (non-hydrogen) atoms. The number of fused-ring (bicyclic) bond motifs is 4. The molecule has 0 aromatic carbocycles. The van der Waals surface area contributed by atoms with Gasteiger partial charge in [0.15, 0.2) is 0 Å². The second kappa shape index (κ2) is 10.8. The number of hydrogen-bond donors (Lipinski definition) is 0. The summed E-state index contributed by atoms with van der Waals surface area (Å²) in [6.07, 6.45) is 1.36. The fourth-order valence-electron chi connectivity index (χ4n) is 10.7. The first-order valence-corrected chi connectivity index (χ1v) is 16.3. The van der Waals surface area contributed by atoms with Crippen LogP contribution in [0.2, 0.25) is 0 Å². The Morgan fingerprint density at radius 2 is 1.84 bits per heavy atom. The molecule has 13 atom stereocenters. The van der Waals surface area contributed by atoms with E-state index in [2.05, 4.69) is 27.7 Å². The van der Waals surface area contributed by atoms with E-state index in [4.69, 9.17) is 28.4 Å². The maximum absolute atomic E-state index is 13.5. The average molecular weight is 603 g/mol. The topological polar surface area (TPSA) is 107 Å². The van der Waals surface area contributed by atoms with Crippen molar-refractivity contribution >= 4 is 17.9 Å². The highest BCUT2D eigenvalue weighted by Crippen LogP contribution is 2.74. The van der Waals surface area contributed by atoms with Crippen LogP contribution in [0, 0.1) is 45.8 Å². The van der Waals surface area contributed by atoms with Gasteiger partial charge in [0.05, 0.1) is 44.6 Å². The normalized spacial score (nSPS) is 47.0. The van der Waals surface area contributed by atoms with Gasteiger partial charge in [0.25, 0.3) is 0 Å². The summed E-state index contributed by atoms with van der Waals surface area (Å²) in [4.78, 5) is 39.2. The van der Waals surface area contributed by atoms with E-state index in [9.17, 15) is 14.4 Å². The van der Waals surface area contributed by atoms with Gasteiger partial charge in [-0.2, -0.15) is 0 Å². The van der Waals surface area contributed by atoms with Crippen LogP contribution < -0.4 is 0 Å². The van der Waals surface area contributed by atoms with Gasteiger partial charge in [0, 0.05) is 48.5 Å². The van der Waals surface area contributed by atoms with Crippen LogP contribution in [0.1, 0.15) is 80.6 Å². The Balaban J connectivity index is 1.52. The number of rotatable bonds is 7. The van der Waals surface area contributed by atoms with Gasteiger partial charge in [-0.15, -0.1) is 0 Å². The molecule has 0 radical (unpaired) electrons. The third-order valence-electron chi connectivity index (χ3n) is 12.9. The molecule has 4 unspecified atom stereocenters. The van der Waals surface area contributed by atoms with Crippen molar-refractivity contribution in [1.82, 2.24) is 0 Å². The molecule has 5 fully saturated rings. The van der Waals surface area contributed by atoms with Crippen molar-refractivity contribution in [2.75, 3.05) is 26.9 Å². The SMILES string of the molecule is CCC(C)C(=O)O[C@H]1C[C@@H](OC(C)=O)[C@@]2(C)COC3C2[C@@]1(C)[C@@H](CC(=O)OC)[C@]1(C)C2=C(C)[C@H](C4CCOC4)C[C@H]2O[C@H]31. The molecule has 0 bridgehead atoms. The number of carbonyl (C=O) groups excluding carboxylic acids is 3. The Labute approximate surface area is 255 Å². The highest BCUT2D eigenvalue weighted by molar-refractivity contribution is 5.72. The van der Waals surface area contributed by atoms with Crippen LogP contribution in [-0.4, -0.2) is 75.4 Å². The van der Waals surface area contributed by atoms with Crippen molar-refractivity contribution in [1.29, 1.82) is 0 Å².